The van der Waals surface area contributed by atoms with E-state index in [2.05, 4.69) is 10.6 Å². The van der Waals surface area contributed by atoms with Crippen LogP contribution in [-0.2, 0) is 11.3 Å². The third-order valence-corrected chi connectivity index (χ3v) is 4.95. The average Bonchev–Trinajstić information content (AvgIpc) is 2.83. The van der Waals surface area contributed by atoms with Crippen molar-refractivity contribution in [2.24, 2.45) is 0 Å². The van der Waals surface area contributed by atoms with Gasteiger partial charge in [0.15, 0.2) is 0 Å². The summed E-state index contributed by atoms with van der Waals surface area (Å²) in [5.41, 5.74) is 1.99. The number of amides is 1. The lowest BCUT2D eigenvalue weighted by Gasteiger charge is -2.22. The van der Waals surface area contributed by atoms with Crippen LogP contribution < -0.4 is 10.6 Å². The first-order valence-electron chi connectivity index (χ1n) is 7.29. The monoisotopic (exact) mass is 340 g/mol. The summed E-state index contributed by atoms with van der Waals surface area (Å²) in [4.78, 5) is 12.0. The summed E-state index contributed by atoms with van der Waals surface area (Å²) in [6, 6.07) is 8.25. The topological polar surface area (TPSA) is 54.3 Å². The summed E-state index contributed by atoms with van der Waals surface area (Å²) in [6.07, 6.45) is 0.534. The first-order chi connectivity index (χ1) is 10.2. The molecule has 0 saturated carbocycles. The van der Waals surface area contributed by atoms with Gasteiger partial charge in [-0.3, -0.25) is 4.79 Å². The fraction of sp³-hybridized carbons (Fsp3) is 0.438. The molecule has 1 unspecified atom stereocenters. The maximum atomic E-state index is 12.0. The Morgan fingerprint density at radius 1 is 1.45 bits per heavy atom. The molecule has 2 N–H and O–H groups in total. The number of carbonyl (C=O) groups is 1. The van der Waals surface area contributed by atoms with E-state index in [1.54, 1.807) is 0 Å². The van der Waals surface area contributed by atoms with Crippen LogP contribution in [0.3, 0.4) is 0 Å². The van der Waals surface area contributed by atoms with E-state index in [0.29, 0.717) is 19.0 Å². The van der Waals surface area contributed by atoms with Crippen LogP contribution in [0, 0.1) is 6.92 Å². The van der Waals surface area contributed by atoms with Gasteiger partial charge in [0.05, 0.1) is 6.54 Å². The van der Waals surface area contributed by atoms with Crippen molar-refractivity contribution in [3.05, 3.63) is 35.6 Å². The molecule has 1 saturated heterocycles. The normalized spacial score (nSPS) is 18.0. The van der Waals surface area contributed by atoms with Gasteiger partial charge in [0.2, 0.25) is 5.91 Å². The molecule has 22 heavy (non-hydrogen) atoms. The summed E-state index contributed by atoms with van der Waals surface area (Å²) >= 11 is 1.90. The van der Waals surface area contributed by atoms with Gasteiger partial charge >= 0.3 is 0 Å². The summed E-state index contributed by atoms with van der Waals surface area (Å²) in [5.74, 6) is 3.07. The first kappa shape index (κ1) is 17.2. The van der Waals surface area contributed by atoms with Gasteiger partial charge in [-0.05, 0) is 13.0 Å². The molecular weight excluding hydrogens is 320 g/mol. The number of aryl methyl sites for hydroxylation is 1. The molecule has 3 rings (SSSR count). The van der Waals surface area contributed by atoms with E-state index < -0.39 is 0 Å². The van der Waals surface area contributed by atoms with Gasteiger partial charge in [0.25, 0.3) is 0 Å². The smallest absolute Gasteiger partial charge is 0.221 e. The molecule has 1 aliphatic rings. The molecule has 4 nitrogen and oxygen atoms in total. The van der Waals surface area contributed by atoms with Crippen LogP contribution >= 0.6 is 24.2 Å². The molecule has 120 valence electrons. The van der Waals surface area contributed by atoms with Crippen molar-refractivity contribution >= 4 is 41.0 Å². The van der Waals surface area contributed by atoms with E-state index in [9.17, 15) is 4.79 Å². The van der Waals surface area contributed by atoms with Gasteiger partial charge in [-0.25, -0.2) is 0 Å². The highest BCUT2D eigenvalue weighted by atomic mass is 35.5. The van der Waals surface area contributed by atoms with E-state index in [0.717, 1.165) is 40.3 Å². The lowest BCUT2D eigenvalue weighted by Crippen LogP contribution is -2.41. The Labute approximate surface area is 140 Å². The van der Waals surface area contributed by atoms with Crippen molar-refractivity contribution in [2.45, 2.75) is 25.9 Å². The van der Waals surface area contributed by atoms with Crippen molar-refractivity contribution in [3.8, 4) is 0 Å². The minimum Gasteiger partial charge on any atom is -0.459 e. The van der Waals surface area contributed by atoms with E-state index >= 15 is 0 Å². The molecule has 1 amide bonds. The molecule has 2 heterocycles. The van der Waals surface area contributed by atoms with Gasteiger partial charge in [-0.15, -0.1) is 12.4 Å². The number of furan rings is 1. The zero-order valence-electron chi connectivity index (χ0n) is 12.6. The zero-order chi connectivity index (χ0) is 14.7. The lowest BCUT2D eigenvalue weighted by molar-refractivity contribution is -0.121. The third kappa shape index (κ3) is 3.97. The average molecular weight is 341 g/mol. The summed E-state index contributed by atoms with van der Waals surface area (Å²) in [5, 5.41) is 7.46. The first-order valence-corrected chi connectivity index (χ1v) is 8.44. The molecule has 1 fully saturated rings. The highest BCUT2D eigenvalue weighted by Crippen LogP contribution is 2.24. The standard InChI is InChI=1S/C16H20N2O2S.ClH/c1-11-13-4-2-3-5-14(13)20-15(11)9-18-16(19)8-12-10-21-7-6-17-12;/h2-5,12,17H,6-10H2,1H3,(H,18,19);1H. The third-order valence-electron chi connectivity index (χ3n) is 3.82. The van der Waals surface area contributed by atoms with Crippen molar-refractivity contribution in [3.63, 3.8) is 0 Å². The Morgan fingerprint density at radius 2 is 2.27 bits per heavy atom. The van der Waals surface area contributed by atoms with Crippen LogP contribution in [0.25, 0.3) is 11.0 Å². The van der Waals surface area contributed by atoms with Gasteiger partial charge in [-0.1, -0.05) is 18.2 Å². The van der Waals surface area contributed by atoms with E-state index in [4.69, 9.17) is 4.42 Å². The van der Waals surface area contributed by atoms with Crippen LogP contribution in [-0.4, -0.2) is 30.0 Å². The number of thioether (sulfide) groups is 1. The molecule has 0 aliphatic carbocycles. The fourth-order valence-corrected chi connectivity index (χ4v) is 3.57. The molecule has 0 radical (unpaired) electrons. The number of hydrogen-bond acceptors (Lipinski definition) is 4. The Morgan fingerprint density at radius 3 is 3.00 bits per heavy atom. The fourth-order valence-electron chi connectivity index (χ4n) is 2.62. The highest BCUT2D eigenvalue weighted by Gasteiger charge is 2.17. The predicted octanol–water partition coefficient (Wildman–Crippen LogP) is 2.87. The van der Waals surface area contributed by atoms with Crippen LogP contribution in [0.1, 0.15) is 17.7 Å². The minimum absolute atomic E-state index is 0. The number of nitrogens with one attached hydrogen (secondary N) is 2. The van der Waals surface area contributed by atoms with Crippen LogP contribution in [0.2, 0.25) is 0 Å². The molecule has 1 aliphatic heterocycles. The molecule has 0 spiro atoms. The van der Waals surface area contributed by atoms with E-state index in [-0.39, 0.29) is 18.3 Å². The summed E-state index contributed by atoms with van der Waals surface area (Å²) < 4.78 is 5.80. The lowest BCUT2D eigenvalue weighted by atomic mass is 10.1. The summed E-state index contributed by atoms with van der Waals surface area (Å²) in [7, 11) is 0. The van der Waals surface area contributed by atoms with Crippen LogP contribution in [0.15, 0.2) is 28.7 Å². The van der Waals surface area contributed by atoms with Crippen molar-refractivity contribution in [1.82, 2.24) is 10.6 Å². The largest absolute Gasteiger partial charge is 0.459 e. The van der Waals surface area contributed by atoms with Crippen molar-refractivity contribution < 1.29 is 9.21 Å². The van der Waals surface area contributed by atoms with Gasteiger partial charge in [0, 0.05) is 41.5 Å². The summed E-state index contributed by atoms with van der Waals surface area (Å²) in [6.45, 7) is 3.48. The van der Waals surface area contributed by atoms with Crippen LogP contribution in [0.5, 0.6) is 0 Å². The SMILES string of the molecule is Cc1c(CNC(=O)CC2CSCCN2)oc2ccccc12.Cl. The van der Waals surface area contributed by atoms with Crippen LogP contribution in [0.4, 0.5) is 0 Å². The number of carbonyl (C=O) groups excluding carboxylic acids is 1. The molecule has 1 aromatic heterocycles. The van der Waals surface area contributed by atoms with Crippen molar-refractivity contribution in [2.75, 3.05) is 18.1 Å². The molecule has 2 aromatic rings. The number of rotatable bonds is 4. The second-order valence-corrected chi connectivity index (χ2v) is 6.50. The number of benzene rings is 1. The van der Waals surface area contributed by atoms with Gasteiger partial charge in [0.1, 0.15) is 11.3 Å². The second kappa shape index (κ2) is 7.90. The Balaban J connectivity index is 0.00000176. The minimum atomic E-state index is 0. The Kier molecular flexibility index (Phi) is 6.17. The number of hydrogen-bond donors (Lipinski definition) is 2. The maximum absolute atomic E-state index is 12.0. The zero-order valence-corrected chi connectivity index (χ0v) is 14.2. The maximum Gasteiger partial charge on any atom is 0.221 e. The van der Waals surface area contributed by atoms with Gasteiger partial charge in [-0.2, -0.15) is 11.8 Å². The van der Waals surface area contributed by atoms with E-state index in [1.165, 1.54) is 0 Å². The molecule has 1 aromatic carbocycles. The Bertz CT molecular complexity index is 638. The molecule has 1 atom stereocenters. The number of halogens is 1. The predicted molar refractivity (Wildman–Crippen MR) is 93.8 cm³/mol. The number of para-hydroxylation sites is 1. The van der Waals surface area contributed by atoms with E-state index in [1.807, 2.05) is 43.0 Å². The van der Waals surface area contributed by atoms with Gasteiger partial charge < -0.3 is 15.1 Å². The molecule has 6 heteroatoms. The molecular formula is C16H21ClN2O2S. The Hall–Kier alpha value is -1.17. The quantitative estimate of drug-likeness (QED) is 0.898. The van der Waals surface area contributed by atoms with Crippen molar-refractivity contribution in [1.29, 1.82) is 0 Å². The molecule has 0 bridgehead atoms. The highest BCUT2D eigenvalue weighted by molar-refractivity contribution is 7.99. The second-order valence-electron chi connectivity index (χ2n) is 5.35. The number of fused-ring (bicyclic) bond motifs is 1.